The van der Waals surface area contributed by atoms with Crippen LogP contribution in [0.4, 0.5) is 11.4 Å². The van der Waals surface area contributed by atoms with E-state index in [1.165, 1.54) is 29.0 Å². The molecule has 218 valence electrons. The predicted molar refractivity (Wildman–Crippen MR) is 165 cm³/mol. The number of allylic oxidation sites excluding steroid dienone is 2. The zero-order valence-corrected chi connectivity index (χ0v) is 26.1. The van der Waals surface area contributed by atoms with Crippen molar-refractivity contribution in [3.8, 4) is 11.5 Å². The number of methoxy groups -OCH3 is 1. The molecule has 0 bridgehead atoms. The molecule has 8 nitrogen and oxygen atoms in total. The summed E-state index contributed by atoms with van der Waals surface area (Å²) in [6.07, 6.45) is 2.62. The van der Waals surface area contributed by atoms with E-state index in [1.807, 2.05) is 6.08 Å². The maximum Gasteiger partial charge on any atom is 0.238 e. The van der Waals surface area contributed by atoms with Crippen molar-refractivity contribution in [3.63, 3.8) is 0 Å². The van der Waals surface area contributed by atoms with E-state index in [-0.39, 0.29) is 35.8 Å². The van der Waals surface area contributed by atoms with Crippen molar-refractivity contribution in [3.05, 3.63) is 92.9 Å². The summed E-state index contributed by atoms with van der Waals surface area (Å²) in [4.78, 5) is 58.6. The molecule has 6 atom stereocenters. The molecular weight excluding hydrogens is 680 g/mol. The van der Waals surface area contributed by atoms with Gasteiger partial charge in [0.25, 0.3) is 0 Å². The number of phenolic OH excluding ortho intramolecular Hbond substituents is 1. The van der Waals surface area contributed by atoms with Crippen molar-refractivity contribution in [2.75, 3.05) is 16.9 Å². The molecule has 2 heterocycles. The number of benzene rings is 3. The molecule has 0 aromatic heterocycles. The molecule has 7 rings (SSSR count). The van der Waals surface area contributed by atoms with Gasteiger partial charge in [0.2, 0.25) is 23.6 Å². The number of hydrogen-bond acceptors (Lipinski definition) is 6. The van der Waals surface area contributed by atoms with Gasteiger partial charge in [-0.3, -0.25) is 29.0 Å². The second-order valence-electron chi connectivity index (χ2n) is 11.4. The Labute approximate surface area is 264 Å². The van der Waals surface area contributed by atoms with Gasteiger partial charge in [-0.15, -0.1) is 0 Å². The Kier molecular flexibility index (Phi) is 6.81. The normalized spacial score (nSPS) is 28.0. The third kappa shape index (κ3) is 4.29. The van der Waals surface area contributed by atoms with Crippen LogP contribution in [0.2, 0.25) is 0 Å². The molecule has 1 N–H and O–H groups in total. The first-order valence-corrected chi connectivity index (χ1v) is 15.6. The quantitative estimate of drug-likeness (QED) is 0.265. The minimum absolute atomic E-state index is 0.00854. The molecule has 6 unspecified atom stereocenters. The highest BCUT2D eigenvalue weighted by Gasteiger charge is 2.62. The van der Waals surface area contributed by atoms with E-state index in [0.29, 0.717) is 29.1 Å². The van der Waals surface area contributed by atoms with Crippen LogP contribution < -0.4 is 14.5 Å². The SMILES string of the molecule is COc1cc(O)ccc1C1C2=CCC3C(=O)N(c4ccc(Br)cc4)C(=O)C3C2CC2C(=O)N(c3ccc(Br)cc3)C(=O)C21. The Morgan fingerprint density at radius 2 is 1.28 bits per heavy atom. The van der Waals surface area contributed by atoms with Crippen LogP contribution in [0, 0.1) is 29.6 Å². The summed E-state index contributed by atoms with van der Waals surface area (Å²) in [5.74, 6) is -4.44. The molecule has 0 spiro atoms. The van der Waals surface area contributed by atoms with Crippen LogP contribution in [0.5, 0.6) is 11.5 Å². The van der Waals surface area contributed by atoms with Crippen molar-refractivity contribution in [1.82, 2.24) is 0 Å². The first-order chi connectivity index (χ1) is 20.7. The summed E-state index contributed by atoms with van der Waals surface area (Å²) < 4.78 is 7.32. The zero-order chi connectivity index (χ0) is 30.2. The van der Waals surface area contributed by atoms with Crippen molar-refractivity contribution in [1.29, 1.82) is 0 Å². The van der Waals surface area contributed by atoms with Crippen molar-refractivity contribution < 1.29 is 29.0 Å². The number of nitrogens with zero attached hydrogens (tertiary/aromatic N) is 2. The fourth-order valence-electron chi connectivity index (χ4n) is 7.58. The van der Waals surface area contributed by atoms with E-state index in [0.717, 1.165) is 14.5 Å². The molecule has 10 heteroatoms. The molecular formula is C33H26Br2N2O6. The molecule has 3 fully saturated rings. The standard InChI is InChI=1S/C33H26Br2N2O6/c1-43-26-14-20(38)10-11-22(26)27-21-12-13-23-28(32(41)36(30(23)39)18-6-2-16(34)3-7-18)24(21)15-25-29(27)33(42)37(31(25)40)19-8-4-17(35)5-9-19/h2-12,14,23-25,27-29,38H,13,15H2,1H3. The lowest BCUT2D eigenvalue weighted by Gasteiger charge is -2.44. The van der Waals surface area contributed by atoms with Crippen LogP contribution in [0.3, 0.4) is 0 Å². The minimum Gasteiger partial charge on any atom is -0.508 e. The van der Waals surface area contributed by atoms with Gasteiger partial charge in [-0.05, 0) is 73.4 Å². The number of carbonyl (C=O) groups is 4. The Morgan fingerprint density at radius 1 is 0.721 bits per heavy atom. The van der Waals surface area contributed by atoms with Gasteiger partial charge in [0.05, 0.1) is 42.2 Å². The lowest BCUT2D eigenvalue weighted by Crippen LogP contribution is -2.43. The van der Waals surface area contributed by atoms with Crippen LogP contribution >= 0.6 is 31.9 Å². The summed E-state index contributed by atoms with van der Waals surface area (Å²) >= 11 is 6.82. The van der Waals surface area contributed by atoms with Crippen LogP contribution in [-0.2, 0) is 19.2 Å². The number of carbonyl (C=O) groups excluding carboxylic acids is 4. The first-order valence-electron chi connectivity index (χ1n) is 14.0. The van der Waals surface area contributed by atoms with E-state index in [1.54, 1.807) is 54.6 Å². The highest BCUT2D eigenvalue weighted by molar-refractivity contribution is 9.10. The zero-order valence-electron chi connectivity index (χ0n) is 22.9. The molecule has 2 saturated heterocycles. The topological polar surface area (TPSA) is 104 Å². The first kappa shape index (κ1) is 28.0. The third-order valence-electron chi connectivity index (χ3n) is 9.37. The fraction of sp³-hybridized carbons (Fsp3) is 0.273. The minimum atomic E-state index is -0.733. The summed E-state index contributed by atoms with van der Waals surface area (Å²) in [7, 11) is 1.49. The van der Waals surface area contributed by atoms with E-state index >= 15 is 0 Å². The average Bonchev–Trinajstić information content (AvgIpc) is 3.41. The molecule has 3 aromatic carbocycles. The summed E-state index contributed by atoms with van der Waals surface area (Å²) in [6, 6.07) is 18.8. The smallest absolute Gasteiger partial charge is 0.238 e. The van der Waals surface area contributed by atoms with Crippen LogP contribution in [0.25, 0.3) is 0 Å². The van der Waals surface area contributed by atoms with E-state index in [4.69, 9.17) is 4.74 Å². The predicted octanol–water partition coefficient (Wildman–Crippen LogP) is 5.97. The van der Waals surface area contributed by atoms with E-state index in [2.05, 4.69) is 31.9 Å². The van der Waals surface area contributed by atoms with Gasteiger partial charge in [0.15, 0.2) is 0 Å². The highest BCUT2D eigenvalue weighted by Crippen LogP contribution is 2.59. The van der Waals surface area contributed by atoms with Crippen LogP contribution in [0.1, 0.15) is 24.3 Å². The number of ether oxygens (including phenoxy) is 1. The van der Waals surface area contributed by atoms with E-state index in [9.17, 15) is 24.3 Å². The second-order valence-corrected chi connectivity index (χ2v) is 13.3. The highest BCUT2D eigenvalue weighted by atomic mass is 79.9. The van der Waals surface area contributed by atoms with Crippen LogP contribution in [-0.4, -0.2) is 35.8 Å². The molecule has 4 amide bonds. The number of imide groups is 2. The monoisotopic (exact) mass is 704 g/mol. The number of halogens is 2. The second kappa shape index (κ2) is 10.4. The number of rotatable bonds is 4. The average molecular weight is 706 g/mol. The maximum atomic E-state index is 14.2. The van der Waals surface area contributed by atoms with Gasteiger partial charge in [0, 0.05) is 26.5 Å². The summed E-state index contributed by atoms with van der Waals surface area (Å²) in [5, 5.41) is 10.2. The third-order valence-corrected chi connectivity index (χ3v) is 10.4. The lowest BCUT2D eigenvalue weighted by atomic mass is 9.57. The van der Waals surface area contributed by atoms with Gasteiger partial charge in [-0.1, -0.05) is 49.6 Å². The van der Waals surface area contributed by atoms with Crippen molar-refractivity contribution >= 4 is 66.9 Å². The Balaban J connectivity index is 1.35. The molecule has 1 saturated carbocycles. The van der Waals surface area contributed by atoms with Crippen molar-refractivity contribution in [2.45, 2.75) is 18.8 Å². The lowest BCUT2D eigenvalue weighted by molar-refractivity contribution is -0.126. The molecule has 2 aliphatic heterocycles. The molecule has 43 heavy (non-hydrogen) atoms. The number of hydrogen-bond donors (Lipinski definition) is 1. The number of anilines is 2. The summed E-state index contributed by atoms with van der Waals surface area (Å²) in [5.41, 5.74) is 2.51. The summed E-state index contributed by atoms with van der Waals surface area (Å²) in [6.45, 7) is 0. The van der Waals surface area contributed by atoms with Crippen LogP contribution in [0.15, 0.2) is 87.3 Å². The van der Waals surface area contributed by atoms with Gasteiger partial charge in [-0.25, -0.2) is 0 Å². The maximum absolute atomic E-state index is 14.2. The van der Waals surface area contributed by atoms with Gasteiger partial charge in [0.1, 0.15) is 11.5 Å². The molecule has 2 aliphatic carbocycles. The number of phenols is 1. The molecule has 0 radical (unpaired) electrons. The largest absolute Gasteiger partial charge is 0.508 e. The van der Waals surface area contributed by atoms with E-state index < -0.39 is 35.5 Å². The molecule has 4 aliphatic rings. The van der Waals surface area contributed by atoms with Gasteiger partial charge >= 0.3 is 0 Å². The number of aromatic hydroxyl groups is 1. The number of amides is 4. The number of fused-ring (bicyclic) bond motifs is 4. The van der Waals surface area contributed by atoms with Gasteiger partial charge < -0.3 is 9.84 Å². The fourth-order valence-corrected chi connectivity index (χ4v) is 8.11. The van der Waals surface area contributed by atoms with Crippen molar-refractivity contribution in [2.24, 2.45) is 29.6 Å². The Morgan fingerprint density at radius 3 is 1.86 bits per heavy atom. The van der Waals surface area contributed by atoms with Gasteiger partial charge in [-0.2, -0.15) is 0 Å². The molecule has 3 aromatic rings. The Hall–Kier alpha value is -3.76. The Bertz CT molecular complexity index is 1720.